The second kappa shape index (κ2) is 13.0. The number of hydrogen-bond acceptors (Lipinski definition) is 3. The lowest BCUT2D eigenvalue weighted by atomic mass is 9.93. The highest BCUT2D eigenvalue weighted by Gasteiger charge is 2.22. The summed E-state index contributed by atoms with van der Waals surface area (Å²) in [4.78, 5) is 39.4. The number of aliphatic carboxylic acids is 1. The van der Waals surface area contributed by atoms with E-state index < -0.39 is 5.97 Å². The van der Waals surface area contributed by atoms with Gasteiger partial charge in [-0.05, 0) is 61.4 Å². The molecule has 0 aliphatic carbocycles. The van der Waals surface area contributed by atoms with Crippen LogP contribution in [-0.2, 0) is 22.6 Å². The van der Waals surface area contributed by atoms with Gasteiger partial charge in [0, 0.05) is 24.6 Å². The molecule has 2 amide bonds. The van der Waals surface area contributed by atoms with Crippen LogP contribution in [0.1, 0.15) is 77.8 Å². The van der Waals surface area contributed by atoms with Crippen molar-refractivity contribution in [3.63, 3.8) is 0 Å². The molecular formula is C32H38N2O4. The van der Waals surface area contributed by atoms with Crippen molar-refractivity contribution < 1.29 is 19.5 Å². The summed E-state index contributed by atoms with van der Waals surface area (Å²) in [5, 5.41) is 12.5. The number of amides is 2. The largest absolute Gasteiger partial charge is 0.481 e. The summed E-state index contributed by atoms with van der Waals surface area (Å²) < 4.78 is 0. The Morgan fingerprint density at radius 2 is 1.58 bits per heavy atom. The van der Waals surface area contributed by atoms with Crippen LogP contribution in [0.3, 0.4) is 0 Å². The first-order valence-electron chi connectivity index (χ1n) is 13.1. The minimum Gasteiger partial charge on any atom is -0.481 e. The lowest BCUT2D eigenvalue weighted by Crippen LogP contribution is -2.31. The fourth-order valence-electron chi connectivity index (χ4n) is 4.75. The van der Waals surface area contributed by atoms with E-state index in [1.165, 1.54) is 6.92 Å². The fourth-order valence-corrected chi connectivity index (χ4v) is 4.75. The van der Waals surface area contributed by atoms with E-state index >= 15 is 0 Å². The second-order valence-corrected chi connectivity index (χ2v) is 10.4. The first-order valence-corrected chi connectivity index (χ1v) is 13.1. The maximum Gasteiger partial charge on any atom is 0.303 e. The number of carbonyl (C=O) groups is 3. The number of carboxylic acids is 1. The van der Waals surface area contributed by atoms with Gasteiger partial charge in [-0.15, -0.1) is 0 Å². The molecule has 0 bridgehead atoms. The van der Waals surface area contributed by atoms with E-state index in [2.05, 4.69) is 37.4 Å². The summed E-state index contributed by atoms with van der Waals surface area (Å²) in [6.45, 7) is 10.2. The van der Waals surface area contributed by atoms with Gasteiger partial charge >= 0.3 is 5.97 Å². The predicted octanol–water partition coefficient (Wildman–Crippen LogP) is 6.39. The van der Waals surface area contributed by atoms with Crippen LogP contribution in [-0.4, -0.2) is 22.9 Å². The van der Waals surface area contributed by atoms with Crippen molar-refractivity contribution >= 4 is 23.5 Å². The van der Waals surface area contributed by atoms with E-state index in [9.17, 15) is 19.5 Å². The molecule has 3 aromatic carbocycles. The number of nitrogens with one attached hydrogen (secondary N) is 1. The molecule has 6 nitrogen and oxygen atoms in total. The molecule has 1 unspecified atom stereocenters. The number of carbonyl (C=O) groups excluding carboxylic acids is 2. The summed E-state index contributed by atoms with van der Waals surface area (Å²) in [6, 6.07) is 21.0. The highest BCUT2D eigenvalue weighted by molar-refractivity contribution is 5.99. The quantitative estimate of drug-likeness (QED) is 0.310. The van der Waals surface area contributed by atoms with Crippen molar-refractivity contribution in [3.8, 4) is 0 Å². The van der Waals surface area contributed by atoms with E-state index in [-0.39, 0.29) is 30.7 Å². The monoisotopic (exact) mass is 514 g/mol. The van der Waals surface area contributed by atoms with Gasteiger partial charge in [-0.1, -0.05) is 79.6 Å². The zero-order chi connectivity index (χ0) is 27.8. The highest BCUT2D eigenvalue weighted by atomic mass is 16.4. The summed E-state index contributed by atoms with van der Waals surface area (Å²) in [6.07, 6.45) is 0.883. The summed E-state index contributed by atoms with van der Waals surface area (Å²) >= 11 is 0. The average molecular weight is 515 g/mol. The van der Waals surface area contributed by atoms with Crippen LogP contribution in [0.25, 0.3) is 0 Å². The van der Waals surface area contributed by atoms with Crippen molar-refractivity contribution in [3.05, 3.63) is 100 Å². The molecule has 0 saturated carbocycles. The first-order chi connectivity index (χ1) is 18.0. The lowest BCUT2D eigenvalue weighted by molar-refractivity contribution is -0.137. The Morgan fingerprint density at radius 3 is 2.16 bits per heavy atom. The zero-order valence-electron chi connectivity index (χ0n) is 23.0. The van der Waals surface area contributed by atoms with E-state index in [1.807, 2.05) is 44.2 Å². The first kappa shape index (κ1) is 28.6. The number of hydrogen-bond donors (Lipinski definition) is 2. The molecule has 6 heteroatoms. The second-order valence-electron chi connectivity index (χ2n) is 10.4. The van der Waals surface area contributed by atoms with Crippen LogP contribution in [0, 0.1) is 19.8 Å². The van der Waals surface area contributed by atoms with Gasteiger partial charge in [-0.25, -0.2) is 0 Å². The molecule has 38 heavy (non-hydrogen) atoms. The molecule has 3 aromatic rings. The molecule has 0 saturated heterocycles. The van der Waals surface area contributed by atoms with Crippen LogP contribution in [0.4, 0.5) is 5.69 Å². The standard InChI is InChI=1S/C32H38N2O4/c1-21(2)15-30(27-17-22(3)16-23(4)18-27)33-32(38)29-19-28(13-11-26(29)12-14-31(36)37)34(24(5)35)20-25-9-7-6-8-10-25/h6-11,13,16-19,21,30H,12,14-15,20H2,1-5H3,(H,33,38)(H,36,37). The Balaban J connectivity index is 2.00. The Morgan fingerprint density at radius 1 is 0.921 bits per heavy atom. The van der Waals surface area contributed by atoms with Crippen molar-refractivity contribution in [1.29, 1.82) is 0 Å². The average Bonchev–Trinajstić information content (AvgIpc) is 2.85. The van der Waals surface area contributed by atoms with Gasteiger partial charge in [0.15, 0.2) is 0 Å². The van der Waals surface area contributed by atoms with Gasteiger partial charge in [0.1, 0.15) is 0 Å². The zero-order valence-corrected chi connectivity index (χ0v) is 23.0. The number of carboxylic acid groups (broad SMARTS) is 1. The minimum atomic E-state index is -0.928. The maximum absolute atomic E-state index is 13.8. The maximum atomic E-state index is 13.8. The molecule has 1 atom stereocenters. The van der Waals surface area contributed by atoms with Gasteiger partial charge in [-0.3, -0.25) is 14.4 Å². The molecule has 3 rings (SSSR count). The SMILES string of the molecule is CC(=O)N(Cc1ccccc1)c1ccc(CCC(=O)O)c(C(=O)NC(CC(C)C)c2cc(C)cc(C)c2)c1. The Bertz CT molecular complexity index is 1260. The van der Waals surface area contributed by atoms with Crippen LogP contribution >= 0.6 is 0 Å². The number of anilines is 1. The molecule has 200 valence electrons. The van der Waals surface area contributed by atoms with E-state index in [4.69, 9.17) is 0 Å². The number of benzene rings is 3. The van der Waals surface area contributed by atoms with Crippen LogP contribution in [0.2, 0.25) is 0 Å². The van der Waals surface area contributed by atoms with Crippen molar-refractivity contribution in [2.75, 3.05) is 4.90 Å². The third-order valence-electron chi connectivity index (χ3n) is 6.48. The summed E-state index contributed by atoms with van der Waals surface area (Å²) in [5.74, 6) is -1.01. The third kappa shape index (κ3) is 8.04. The fraction of sp³-hybridized carbons (Fsp3) is 0.344. The molecule has 0 aliphatic rings. The van der Waals surface area contributed by atoms with Gasteiger partial charge in [0.05, 0.1) is 12.6 Å². The summed E-state index contributed by atoms with van der Waals surface area (Å²) in [5.41, 5.74) is 5.90. The molecule has 2 N–H and O–H groups in total. The van der Waals surface area contributed by atoms with Crippen molar-refractivity contribution in [2.45, 2.75) is 66.5 Å². The topological polar surface area (TPSA) is 86.7 Å². The van der Waals surface area contributed by atoms with Crippen LogP contribution in [0.5, 0.6) is 0 Å². The third-order valence-corrected chi connectivity index (χ3v) is 6.48. The molecule has 0 radical (unpaired) electrons. The minimum absolute atomic E-state index is 0.0907. The molecule has 0 heterocycles. The molecule has 0 aliphatic heterocycles. The number of rotatable bonds is 11. The Hall–Kier alpha value is -3.93. The van der Waals surface area contributed by atoms with Crippen molar-refractivity contribution in [1.82, 2.24) is 5.32 Å². The Labute approximate surface area is 225 Å². The van der Waals surface area contributed by atoms with E-state index in [0.717, 1.165) is 28.7 Å². The molecule has 0 aromatic heterocycles. The van der Waals surface area contributed by atoms with E-state index in [0.29, 0.717) is 29.3 Å². The molecular weight excluding hydrogens is 476 g/mol. The number of aryl methyl sites for hydroxylation is 3. The van der Waals surface area contributed by atoms with Gasteiger partial charge in [0.2, 0.25) is 5.91 Å². The van der Waals surface area contributed by atoms with Gasteiger partial charge in [-0.2, -0.15) is 0 Å². The number of nitrogens with zero attached hydrogens (tertiary/aromatic N) is 1. The predicted molar refractivity (Wildman–Crippen MR) is 151 cm³/mol. The van der Waals surface area contributed by atoms with Crippen LogP contribution in [0.15, 0.2) is 66.7 Å². The molecule has 0 spiro atoms. The highest BCUT2D eigenvalue weighted by Crippen LogP contribution is 2.27. The van der Waals surface area contributed by atoms with Gasteiger partial charge in [0.25, 0.3) is 5.91 Å². The van der Waals surface area contributed by atoms with Crippen molar-refractivity contribution in [2.24, 2.45) is 5.92 Å². The normalized spacial score (nSPS) is 11.7. The van der Waals surface area contributed by atoms with Gasteiger partial charge < -0.3 is 15.3 Å². The lowest BCUT2D eigenvalue weighted by Gasteiger charge is -2.25. The summed E-state index contributed by atoms with van der Waals surface area (Å²) in [7, 11) is 0. The smallest absolute Gasteiger partial charge is 0.303 e. The molecule has 0 fully saturated rings. The van der Waals surface area contributed by atoms with E-state index in [1.54, 1.807) is 23.1 Å². The Kier molecular flexibility index (Phi) is 9.83. The van der Waals surface area contributed by atoms with Crippen LogP contribution < -0.4 is 10.2 Å².